The maximum absolute atomic E-state index is 11.5. The number of hydrogen-bond acceptors (Lipinski definition) is 8. The van der Waals surface area contributed by atoms with E-state index in [0.717, 1.165) is 22.4 Å². The van der Waals surface area contributed by atoms with E-state index in [2.05, 4.69) is 10.6 Å². The van der Waals surface area contributed by atoms with Crippen LogP contribution in [0.3, 0.4) is 0 Å². The normalized spacial score (nSPS) is 11.5. The van der Waals surface area contributed by atoms with Crippen LogP contribution in [-0.2, 0) is 9.47 Å². The average Bonchev–Trinajstić information content (AvgIpc) is 3.05. The molecular formula is C33H33N7O6. The highest BCUT2D eigenvalue weighted by Crippen LogP contribution is 2.30. The van der Waals surface area contributed by atoms with Gasteiger partial charge < -0.3 is 40.6 Å². The van der Waals surface area contributed by atoms with Gasteiger partial charge in [0.2, 0.25) is 0 Å². The lowest BCUT2D eigenvalue weighted by atomic mass is 10.1. The van der Waals surface area contributed by atoms with Crippen LogP contribution in [0.4, 0.5) is 11.4 Å². The summed E-state index contributed by atoms with van der Waals surface area (Å²) in [5.41, 5.74) is 10.7. The van der Waals surface area contributed by atoms with Crippen molar-refractivity contribution in [3.8, 4) is 17.1 Å². The highest BCUT2D eigenvalue weighted by molar-refractivity contribution is 5.89. The van der Waals surface area contributed by atoms with E-state index < -0.39 is 11.9 Å². The molecule has 3 aromatic carbocycles. The Morgan fingerprint density at radius 1 is 0.870 bits per heavy atom. The molecule has 3 aromatic rings. The number of nitrogens with one attached hydrogen (secondary N) is 3. The van der Waals surface area contributed by atoms with E-state index in [1.165, 1.54) is 12.1 Å². The zero-order valence-corrected chi connectivity index (χ0v) is 24.8. The van der Waals surface area contributed by atoms with Crippen molar-refractivity contribution in [3.63, 3.8) is 0 Å². The third-order valence-corrected chi connectivity index (χ3v) is 6.93. The number of fused-ring (bicyclic) bond motifs is 2. The molecule has 1 aliphatic carbocycles. The van der Waals surface area contributed by atoms with E-state index in [9.17, 15) is 19.8 Å². The van der Waals surface area contributed by atoms with Crippen molar-refractivity contribution in [1.82, 2.24) is 14.9 Å². The Kier molecular flexibility index (Phi) is 10.2. The van der Waals surface area contributed by atoms with Gasteiger partial charge in [-0.25, -0.2) is 14.6 Å². The van der Waals surface area contributed by atoms with Crippen molar-refractivity contribution < 1.29 is 29.3 Å². The van der Waals surface area contributed by atoms with Crippen LogP contribution >= 0.6 is 0 Å². The molecule has 0 bridgehead atoms. The summed E-state index contributed by atoms with van der Waals surface area (Å²) in [7, 11) is 0. The smallest absolute Gasteiger partial charge is 0.335 e. The summed E-state index contributed by atoms with van der Waals surface area (Å²) >= 11 is 0. The van der Waals surface area contributed by atoms with Crippen LogP contribution in [-0.4, -0.2) is 77.2 Å². The molecule has 0 amide bonds. The number of aromatic carboxylic acids is 2. The highest BCUT2D eigenvalue weighted by atomic mass is 16.5. The highest BCUT2D eigenvalue weighted by Gasteiger charge is 2.17. The average molecular weight is 624 g/mol. The van der Waals surface area contributed by atoms with Crippen LogP contribution in [0.25, 0.3) is 28.1 Å². The third kappa shape index (κ3) is 7.83. The SMILES string of the molecule is N=C(N)NCCOCCOCC/N=c1/cc2n(-c3ccc(C(=O)O)cc3)c3ccccc3nc-2cc1Nc1ccc(C(=O)O)cc1. The Labute approximate surface area is 263 Å². The Bertz CT molecular complexity index is 1890. The number of hydrogen-bond donors (Lipinski definition) is 6. The van der Waals surface area contributed by atoms with Gasteiger partial charge in [-0.1, -0.05) is 12.1 Å². The van der Waals surface area contributed by atoms with E-state index in [0.29, 0.717) is 61.9 Å². The number of anilines is 2. The minimum atomic E-state index is -1.01. The first-order valence-electron chi connectivity index (χ1n) is 14.4. The number of carboxylic acids is 2. The molecule has 46 heavy (non-hydrogen) atoms. The Balaban J connectivity index is 1.49. The first-order chi connectivity index (χ1) is 22.3. The van der Waals surface area contributed by atoms with Gasteiger partial charge in [-0.15, -0.1) is 0 Å². The summed E-state index contributed by atoms with van der Waals surface area (Å²) in [5.74, 6) is -2.12. The first kappa shape index (κ1) is 31.6. The predicted octanol–water partition coefficient (Wildman–Crippen LogP) is 3.69. The summed E-state index contributed by atoms with van der Waals surface area (Å²) in [6.45, 7) is 2.28. The van der Waals surface area contributed by atoms with Gasteiger partial charge >= 0.3 is 11.9 Å². The van der Waals surface area contributed by atoms with Gasteiger partial charge in [0.05, 0.1) is 77.6 Å². The number of rotatable bonds is 14. The number of para-hydroxylation sites is 2. The predicted molar refractivity (Wildman–Crippen MR) is 173 cm³/mol. The molecule has 5 rings (SSSR count). The van der Waals surface area contributed by atoms with Gasteiger partial charge in [0.25, 0.3) is 0 Å². The van der Waals surface area contributed by atoms with Crippen molar-refractivity contribution in [1.29, 1.82) is 5.41 Å². The summed E-state index contributed by atoms with van der Waals surface area (Å²) in [6, 6.07) is 24.5. The summed E-state index contributed by atoms with van der Waals surface area (Å²) in [5, 5.41) is 32.5. The van der Waals surface area contributed by atoms with Crippen molar-refractivity contribution in [2.24, 2.45) is 10.7 Å². The molecule has 1 heterocycles. The fraction of sp³-hybridized carbons (Fsp3) is 0.182. The van der Waals surface area contributed by atoms with Crippen LogP contribution in [0.1, 0.15) is 20.7 Å². The molecule has 0 atom stereocenters. The van der Waals surface area contributed by atoms with Gasteiger partial charge in [0.15, 0.2) is 5.96 Å². The number of guanidine groups is 1. The molecule has 0 saturated heterocycles. The molecule has 0 saturated carbocycles. The molecule has 0 spiro atoms. The molecular weight excluding hydrogens is 590 g/mol. The van der Waals surface area contributed by atoms with E-state index in [1.54, 1.807) is 36.4 Å². The summed E-state index contributed by atoms with van der Waals surface area (Å²) in [6.07, 6.45) is 0. The Morgan fingerprint density at radius 3 is 2.20 bits per heavy atom. The molecule has 13 nitrogen and oxygen atoms in total. The summed E-state index contributed by atoms with van der Waals surface area (Å²) in [4.78, 5) is 32.6. The Hall–Kier alpha value is -5.79. The summed E-state index contributed by atoms with van der Waals surface area (Å²) < 4.78 is 13.2. The molecule has 236 valence electrons. The molecule has 7 N–H and O–H groups in total. The van der Waals surface area contributed by atoms with Crippen molar-refractivity contribution in [2.45, 2.75) is 0 Å². The maximum atomic E-state index is 11.5. The largest absolute Gasteiger partial charge is 0.478 e. The van der Waals surface area contributed by atoms with Gasteiger partial charge in [0.1, 0.15) is 0 Å². The fourth-order valence-electron chi connectivity index (χ4n) is 4.77. The number of benzene rings is 4. The maximum Gasteiger partial charge on any atom is 0.335 e. The van der Waals surface area contributed by atoms with Crippen LogP contribution in [0, 0.1) is 5.41 Å². The lowest BCUT2D eigenvalue weighted by molar-refractivity contribution is 0.0528. The van der Waals surface area contributed by atoms with Crippen LogP contribution in [0.5, 0.6) is 0 Å². The molecule has 13 heteroatoms. The lowest BCUT2D eigenvalue weighted by Crippen LogP contribution is -2.33. The van der Waals surface area contributed by atoms with E-state index >= 15 is 0 Å². The molecule has 0 fully saturated rings. The topological polar surface area (TPSA) is 197 Å². The number of ether oxygens (including phenoxy) is 2. The third-order valence-electron chi connectivity index (χ3n) is 6.93. The van der Waals surface area contributed by atoms with Crippen molar-refractivity contribution in [2.75, 3.05) is 44.8 Å². The van der Waals surface area contributed by atoms with E-state index in [-0.39, 0.29) is 17.1 Å². The van der Waals surface area contributed by atoms with E-state index in [1.807, 2.05) is 41.0 Å². The fourth-order valence-corrected chi connectivity index (χ4v) is 4.77. The van der Waals surface area contributed by atoms with Gasteiger partial charge in [-0.2, -0.15) is 0 Å². The number of aromatic nitrogens is 2. The lowest BCUT2D eigenvalue weighted by Gasteiger charge is -2.20. The molecule has 2 aliphatic rings. The van der Waals surface area contributed by atoms with Crippen LogP contribution < -0.4 is 21.7 Å². The van der Waals surface area contributed by atoms with Gasteiger partial charge in [0, 0.05) is 17.9 Å². The molecule has 0 unspecified atom stereocenters. The second kappa shape index (κ2) is 14.8. The zero-order valence-electron chi connectivity index (χ0n) is 24.8. The minimum absolute atomic E-state index is 0.105. The second-order valence-electron chi connectivity index (χ2n) is 10.1. The Morgan fingerprint density at radius 2 is 1.52 bits per heavy atom. The van der Waals surface area contributed by atoms with Gasteiger partial charge in [-0.05, 0) is 72.8 Å². The number of nitrogens with zero attached hydrogens (tertiary/aromatic N) is 3. The molecule has 0 radical (unpaired) electrons. The van der Waals surface area contributed by atoms with Crippen molar-refractivity contribution >= 4 is 40.3 Å². The van der Waals surface area contributed by atoms with E-state index in [4.69, 9.17) is 30.6 Å². The van der Waals surface area contributed by atoms with Crippen LogP contribution in [0.2, 0.25) is 0 Å². The van der Waals surface area contributed by atoms with Crippen molar-refractivity contribution in [3.05, 3.63) is 101 Å². The standard InChI is InChI=1S/C33H33N7O6/c34-33(35)37-14-16-46-18-17-45-15-13-36-26-20-30-28(19-27(26)38-23-9-5-21(6-10-23)31(41)42)39-25-3-1-2-4-29(25)40(30)24-11-7-22(8-12-24)32(43)44/h1-12,19-20,38H,13-18H2,(H,41,42)(H,43,44)(H4,34,35,37)/b36-26-. The number of nitrogens with two attached hydrogens (primary N) is 1. The monoisotopic (exact) mass is 623 g/mol. The first-order valence-corrected chi connectivity index (χ1v) is 14.4. The van der Waals surface area contributed by atoms with Gasteiger partial charge in [-0.3, -0.25) is 10.4 Å². The molecule has 0 aromatic heterocycles. The number of carbonyl (C=O) groups is 2. The second-order valence-corrected chi connectivity index (χ2v) is 10.1. The number of carboxylic acid groups (broad SMARTS) is 2. The molecule has 1 aliphatic heterocycles. The van der Waals surface area contributed by atoms with Crippen LogP contribution in [0.15, 0.2) is 89.9 Å². The quantitative estimate of drug-likeness (QED) is 0.0459. The minimum Gasteiger partial charge on any atom is -0.478 e. The zero-order chi connectivity index (χ0) is 32.5.